The highest BCUT2D eigenvalue weighted by molar-refractivity contribution is 5.76. The third-order valence-electron chi connectivity index (χ3n) is 4.17. The second kappa shape index (κ2) is 5.13. The standard InChI is InChI=1S/C16H18F2N2O/c1-10-2-4-11(5-3-10)13-14(21-20-15(13)19)12-6-8-16(17,18)9-7-12/h2-5,12H,6-9H2,1H3,(H2,19,20). The van der Waals surface area contributed by atoms with E-state index in [9.17, 15) is 8.78 Å². The fourth-order valence-electron chi connectivity index (χ4n) is 2.91. The lowest BCUT2D eigenvalue weighted by molar-refractivity contribution is -0.0398. The Hall–Kier alpha value is -1.91. The molecule has 0 unspecified atom stereocenters. The van der Waals surface area contributed by atoms with Crippen LogP contribution in [0.1, 0.15) is 42.9 Å². The number of benzene rings is 1. The molecule has 0 aliphatic heterocycles. The predicted octanol–water partition coefficient (Wildman–Crippen LogP) is 4.53. The SMILES string of the molecule is Cc1ccc(-c2c(N)noc2C2CCC(F)(F)CC2)cc1. The monoisotopic (exact) mass is 292 g/mol. The number of hydrogen-bond donors (Lipinski definition) is 1. The molecule has 3 nitrogen and oxygen atoms in total. The zero-order valence-corrected chi connectivity index (χ0v) is 11.9. The molecule has 1 aliphatic rings. The van der Waals surface area contributed by atoms with Crippen molar-refractivity contribution in [3.05, 3.63) is 35.6 Å². The Morgan fingerprint density at radius 1 is 1.19 bits per heavy atom. The molecule has 0 spiro atoms. The van der Waals surface area contributed by atoms with Crippen LogP contribution >= 0.6 is 0 Å². The number of rotatable bonds is 2. The normalized spacial score (nSPS) is 18.8. The molecule has 1 fully saturated rings. The number of aryl methyl sites for hydroxylation is 1. The molecule has 0 amide bonds. The molecule has 0 atom stereocenters. The van der Waals surface area contributed by atoms with Crippen molar-refractivity contribution in [2.45, 2.75) is 44.4 Å². The molecule has 3 rings (SSSR count). The minimum Gasteiger partial charge on any atom is -0.380 e. The van der Waals surface area contributed by atoms with Gasteiger partial charge in [0.05, 0.1) is 5.56 Å². The van der Waals surface area contributed by atoms with Crippen molar-refractivity contribution >= 4 is 5.82 Å². The first kappa shape index (κ1) is 14.0. The highest BCUT2D eigenvalue weighted by Crippen LogP contribution is 2.44. The Bertz CT molecular complexity index is 624. The molecule has 0 saturated heterocycles. The summed E-state index contributed by atoms with van der Waals surface area (Å²) in [5.74, 6) is -1.62. The maximum atomic E-state index is 13.3. The third kappa shape index (κ3) is 2.77. The van der Waals surface area contributed by atoms with Crippen molar-refractivity contribution < 1.29 is 13.3 Å². The number of hydrogen-bond acceptors (Lipinski definition) is 3. The molecule has 21 heavy (non-hydrogen) atoms. The van der Waals surface area contributed by atoms with Gasteiger partial charge in [0.2, 0.25) is 5.92 Å². The van der Waals surface area contributed by atoms with Gasteiger partial charge < -0.3 is 10.3 Å². The van der Waals surface area contributed by atoms with Crippen LogP contribution in [-0.4, -0.2) is 11.1 Å². The average molecular weight is 292 g/mol. The summed E-state index contributed by atoms with van der Waals surface area (Å²) in [5.41, 5.74) is 8.74. The summed E-state index contributed by atoms with van der Waals surface area (Å²) >= 11 is 0. The summed E-state index contributed by atoms with van der Waals surface area (Å²) in [6.07, 6.45) is 0.595. The molecule has 0 radical (unpaired) electrons. The van der Waals surface area contributed by atoms with Crippen LogP contribution in [0, 0.1) is 6.92 Å². The molecule has 2 N–H and O–H groups in total. The second-order valence-corrected chi connectivity index (χ2v) is 5.80. The van der Waals surface area contributed by atoms with E-state index in [4.69, 9.17) is 10.3 Å². The first-order chi connectivity index (χ1) is 9.96. The Kier molecular flexibility index (Phi) is 3.43. The molecule has 2 aromatic rings. The number of nitrogens with zero attached hydrogens (tertiary/aromatic N) is 1. The van der Waals surface area contributed by atoms with Crippen LogP contribution in [-0.2, 0) is 0 Å². The highest BCUT2D eigenvalue weighted by atomic mass is 19.3. The van der Waals surface area contributed by atoms with Gasteiger partial charge in [0.1, 0.15) is 5.76 Å². The summed E-state index contributed by atoms with van der Waals surface area (Å²) in [6, 6.07) is 7.89. The van der Waals surface area contributed by atoms with Crippen LogP contribution in [0.3, 0.4) is 0 Å². The molecule has 112 valence electrons. The number of alkyl halides is 2. The quantitative estimate of drug-likeness (QED) is 0.885. The number of nitrogen functional groups attached to an aromatic ring is 1. The van der Waals surface area contributed by atoms with Crippen LogP contribution in [0.5, 0.6) is 0 Å². The minimum absolute atomic E-state index is 0.0364. The van der Waals surface area contributed by atoms with Crippen LogP contribution in [0.25, 0.3) is 11.1 Å². The molecular formula is C16H18F2N2O. The van der Waals surface area contributed by atoms with E-state index in [2.05, 4.69) is 5.16 Å². The smallest absolute Gasteiger partial charge is 0.248 e. The maximum absolute atomic E-state index is 13.3. The van der Waals surface area contributed by atoms with E-state index in [1.807, 2.05) is 31.2 Å². The van der Waals surface area contributed by atoms with Crippen molar-refractivity contribution in [3.63, 3.8) is 0 Å². The highest BCUT2D eigenvalue weighted by Gasteiger charge is 2.38. The second-order valence-electron chi connectivity index (χ2n) is 5.80. The van der Waals surface area contributed by atoms with Crippen LogP contribution in [0.15, 0.2) is 28.8 Å². The molecule has 5 heteroatoms. The zero-order chi connectivity index (χ0) is 15.0. The maximum Gasteiger partial charge on any atom is 0.248 e. The molecule has 1 heterocycles. The van der Waals surface area contributed by atoms with Crippen molar-refractivity contribution in [2.24, 2.45) is 0 Å². The minimum atomic E-state index is -2.55. The van der Waals surface area contributed by atoms with Crippen molar-refractivity contribution in [2.75, 3.05) is 5.73 Å². The van der Waals surface area contributed by atoms with E-state index in [0.29, 0.717) is 24.4 Å². The number of anilines is 1. The van der Waals surface area contributed by atoms with Gasteiger partial charge >= 0.3 is 0 Å². The predicted molar refractivity (Wildman–Crippen MR) is 77.2 cm³/mol. The van der Waals surface area contributed by atoms with Gasteiger partial charge in [-0.2, -0.15) is 0 Å². The summed E-state index contributed by atoms with van der Waals surface area (Å²) < 4.78 is 32.0. The van der Waals surface area contributed by atoms with Gasteiger partial charge in [-0.3, -0.25) is 0 Å². The van der Waals surface area contributed by atoms with E-state index >= 15 is 0 Å². The topological polar surface area (TPSA) is 52.0 Å². The van der Waals surface area contributed by atoms with E-state index in [1.54, 1.807) is 0 Å². The van der Waals surface area contributed by atoms with Gasteiger partial charge in [0.25, 0.3) is 0 Å². The third-order valence-corrected chi connectivity index (χ3v) is 4.17. The summed E-state index contributed by atoms with van der Waals surface area (Å²) in [6.45, 7) is 2.00. The molecule has 1 aromatic carbocycles. The number of aromatic nitrogens is 1. The summed E-state index contributed by atoms with van der Waals surface area (Å²) in [7, 11) is 0. The Morgan fingerprint density at radius 2 is 1.81 bits per heavy atom. The lowest BCUT2D eigenvalue weighted by Crippen LogP contribution is -2.23. The van der Waals surface area contributed by atoms with Crippen LogP contribution in [0.2, 0.25) is 0 Å². The van der Waals surface area contributed by atoms with Crippen molar-refractivity contribution in [1.29, 1.82) is 0 Å². The lowest BCUT2D eigenvalue weighted by Gasteiger charge is -2.27. The van der Waals surface area contributed by atoms with E-state index in [-0.39, 0.29) is 18.8 Å². The fourth-order valence-corrected chi connectivity index (χ4v) is 2.91. The van der Waals surface area contributed by atoms with Gasteiger partial charge in [-0.15, -0.1) is 0 Å². The average Bonchev–Trinajstić information content (AvgIpc) is 2.82. The van der Waals surface area contributed by atoms with Gasteiger partial charge in [-0.25, -0.2) is 8.78 Å². The van der Waals surface area contributed by atoms with E-state index in [1.165, 1.54) is 0 Å². The number of nitrogens with two attached hydrogens (primary N) is 1. The van der Waals surface area contributed by atoms with Crippen molar-refractivity contribution in [1.82, 2.24) is 5.16 Å². The molecule has 1 aromatic heterocycles. The Balaban J connectivity index is 1.92. The molecule has 1 aliphatic carbocycles. The van der Waals surface area contributed by atoms with Gasteiger partial charge in [-0.1, -0.05) is 35.0 Å². The van der Waals surface area contributed by atoms with Gasteiger partial charge in [-0.05, 0) is 25.3 Å². The summed E-state index contributed by atoms with van der Waals surface area (Å²) in [5, 5.41) is 3.84. The largest absolute Gasteiger partial charge is 0.380 e. The molecule has 0 bridgehead atoms. The van der Waals surface area contributed by atoms with Crippen LogP contribution in [0.4, 0.5) is 14.6 Å². The van der Waals surface area contributed by atoms with E-state index in [0.717, 1.165) is 16.7 Å². The number of halogens is 2. The zero-order valence-electron chi connectivity index (χ0n) is 11.9. The lowest BCUT2D eigenvalue weighted by atomic mass is 9.83. The fraction of sp³-hybridized carbons (Fsp3) is 0.438. The first-order valence-electron chi connectivity index (χ1n) is 7.16. The summed E-state index contributed by atoms with van der Waals surface area (Å²) in [4.78, 5) is 0. The first-order valence-corrected chi connectivity index (χ1v) is 7.16. The molecule has 1 saturated carbocycles. The Morgan fingerprint density at radius 3 is 2.43 bits per heavy atom. The van der Waals surface area contributed by atoms with E-state index < -0.39 is 5.92 Å². The van der Waals surface area contributed by atoms with Gasteiger partial charge in [0.15, 0.2) is 5.82 Å². The van der Waals surface area contributed by atoms with Crippen LogP contribution < -0.4 is 5.73 Å². The molecular weight excluding hydrogens is 274 g/mol. The Labute approximate surface area is 122 Å². The van der Waals surface area contributed by atoms with Gasteiger partial charge in [0, 0.05) is 18.8 Å². The van der Waals surface area contributed by atoms with Crippen molar-refractivity contribution in [3.8, 4) is 11.1 Å².